The van der Waals surface area contributed by atoms with Crippen molar-refractivity contribution in [2.75, 3.05) is 6.61 Å². The molecule has 3 saturated carbocycles. The van der Waals surface area contributed by atoms with E-state index in [0.29, 0.717) is 29.6 Å². The molecule has 4 unspecified atom stereocenters. The van der Waals surface area contributed by atoms with Gasteiger partial charge in [0.1, 0.15) is 18.3 Å². The number of hydrogen-bond donors (Lipinski definition) is 4. The fourth-order valence-corrected chi connectivity index (χ4v) is 11.9. The van der Waals surface area contributed by atoms with Crippen LogP contribution < -0.4 is 0 Å². The molecule has 5 aliphatic carbocycles. The van der Waals surface area contributed by atoms with Crippen molar-refractivity contribution in [3.05, 3.63) is 23.3 Å². The number of aliphatic hydroxyl groups is 4. The van der Waals surface area contributed by atoms with Gasteiger partial charge in [-0.05, 0) is 114 Å². The summed E-state index contributed by atoms with van der Waals surface area (Å²) in [5.74, 6) is 2.60. The van der Waals surface area contributed by atoms with Crippen LogP contribution in [0.25, 0.3) is 0 Å². The molecule has 6 rings (SSSR count). The summed E-state index contributed by atoms with van der Waals surface area (Å²) in [4.78, 5) is 0. The summed E-state index contributed by atoms with van der Waals surface area (Å²) in [6, 6.07) is 0. The number of allylic oxidation sites excluding steroid dienone is 3. The zero-order valence-corrected chi connectivity index (χ0v) is 27.6. The van der Waals surface area contributed by atoms with Gasteiger partial charge in [0.2, 0.25) is 0 Å². The largest absolute Gasteiger partial charge is 0.388 e. The lowest BCUT2D eigenvalue weighted by molar-refractivity contribution is -0.306. The first-order valence-corrected chi connectivity index (χ1v) is 16.9. The molecule has 42 heavy (non-hydrogen) atoms. The molecule has 0 aromatic carbocycles. The zero-order valence-electron chi connectivity index (χ0n) is 27.6. The summed E-state index contributed by atoms with van der Waals surface area (Å²) < 4.78 is 12.1. The van der Waals surface area contributed by atoms with Gasteiger partial charge in [-0.25, -0.2) is 0 Å². The van der Waals surface area contributed by atoms with E-state index in [4.69, 9.17) is 9.47 Å². The second-order valence-electron chi connectivity index (χ2n) is 17.0. The van der Waals surface area contributed by atoms with Crippen LogP contribution >= 0.6 is 0 Å². The van der Waals surface area contributed by atoms with Crippen LogP contribution in [0.2, 0.25) is 0 Å². The zero-order chi connectivity index (χ0) is 30.8. The molecule has 0 aromatic rings. The smallest absolute Gasteiger partial charge is 0.186 e. The van der Waals surface area contributed by atoms with E-state index in [2.05, 4.69) is 74.5 Å². The van der Waals surface area contributed by atoms with Gasteiger partial charge < -0.3 is 29.9 Å². The number of rotatable bonds is 2. The van der Waals surface area contributed by atoms with Gasteiger partial charge in [0.05, 0.1) is 18.3 Å². The summed E-state index contributed by atoms with van der Waals surface area (Å²) in [6.45, 7) is 21.3. The molecule has 0 spiro atoms. The van der Waals surface area contributed by atoms with Gasteiger partial charge in [0, 0.05) is 0 Å². The average Bonchev–Trinajstić information content (AvgIpc) is 2.92. The van der Waals surface area contributed by atoms with Crippen molar-refractivity contribution in [2.45, 2.75) is 137 Å². The van der Waals surface area contributed by atoms with Crippen molar-refractivity contribution in [1.82, 2.24) is 0 Å². The number of ether oxygens (including phenoxy) is 2. The molecule has 1 heterocycles. The Hall–Kier alpha value is -0.760. The third kappa shape index (κ3) is 3.97. The first-order valence-electron chi connectivity index (χ1n) is 16.9. The van der Waals surface area contributed by atoms with Gasteiger partial charge in [-0.2, -0.15) is 0 Å². The van der Waals surface area contributed by atoms with Crippen LogP contribution in [0.3, 0.4) is 0 Å². The van der Waals surface area contributed by atoms with Crippen molar-refractivity contribution in [1.29, 1.82) is 0 Å². The molecule has 0 aromatic heterocycles. The second-order valence-corrected chi connectivity index (χ2v) is 17.0. The van der Waals surface area contributed by atoms with Crippen LogP contribution in [0.15, 0.2) is 23.3 Å². The maximum absolute atomic E-state index is 12.1. The number of aliphatic hydroxyl groups excluding tert-OH is 3. The van der Waals surface area contributed by atoms with Crippen molar-refractivity contribution in [2.24, 2.45) is 57.2 Å². The minimum atomic E-state index is -1.26. The van der Waals surface area contributed by atoms with Crippen LogP contribution in [-0.4, -0.2) is 63.3 Å². The predicted octanol–water partition coefficient (Wildman–Crippen LogP) is 5.63. The molecule has 1 aliphatic heterocycles. The highest BCUT2D eigenvalue weighted by Gasteiger charge is 2.67. The Balaban J connectivity index is 1.34. The molecule has 0 bridgehead atoms. The Morgan fingerprint density at radius 2 is 1.55 bits per heavy atom. The maximum atomic E-state index is 12.1. The van der Waals surface area contributed by atoms with Gasteiger partial charge in [-0.15, -0.1) is 0 Å². The normalized spacial score (nSPS) is 57.1. The quantitative estimate of drug-likeness (QED) is 0.313. The Labute approximate surface area is 254 Å². The van der Waals surface area contributed by atoms with Crippen LogP contribution in [0.1, 0.15) is 101 Å². The first kappa shape index (κ1) is 31.2. The van der Waals surface area contributed by atoms with Gasteiger partial charge in [0.15, 0.2) is 6.29 Å². The van der Waals surface area contributed by atoms with E-state index < -0.39 is 30.2 Å². The fraction of sp³-hybridized carbons (Fsp3) is 0.889. The molecule has 4 N–H and O–H groups in total. The molecule has 15 atom stereocenters. The van der Waals surface area contributed by atoms with Crippen molar-refractivity contribution < 1.29 is 29.9 Å². The van der Waals surface area contributed by atoms with Gasteiger partial charge in [0.25, 0.3) is 0 Å². The maximum Gasteiger partial charge on any atom is 0.186 e. The summed E-state index contributed by atoms with van der Waals surface area (Å²) in [7, 11) is 0. The van der Waals surface area contributed by atoms with Crippen LogP contribution in [0.4, 0.5) is 0 Å². The van der Waals surface area contributed by atoms with Crippen LogP contribution in [0, 0.1) is 57.2 Å². The second kappa shape index (κ2) is 9.87. The van der Waals surface area contributed by atoms with E-state index >= 15 is 0 Å². The van der Waals surface area contributed by atoms with Crippen molar-refractivity contribution in [3.63, 3.8) is 0 Å². The molecule has 0 radical (unpaired) electrons. The number of hydrogen-bond acceptors (Lipinski definition) is 6. The predicted molar refractivity (Wildman–Crippen MR) is 163 cm³/mol. The molecule has 238 valence electrons. The molecular weight excluding hydrogens is 528 g/mol. The van der Waals surface area contributed by atoms with Crippen LogP contribution in [-0.2, 0) is 9.47 Å². The Kier molecular flexibility index (Phi) is 7.34. The number of fused-ring (bicyclic) bond motifs is 6. The molecule has 6 aliphatic rings. The fourth-order valence-electron chi connectivity index (χ4n) is 11.9. The van der Waals surface area contributed by atoms with Crippen molar-refractivity contribution in [3.8, 4) is 0 Å². The lowest BCUT2D eigenvalue weighted by atomic mass is 9.35. The SMILES string of the molecule is C[C@@H]1[C@@H](C)[C@@](C)(O)C2=C3C=CC4[C@@]5(C)CCC(O[C@@H]6OC[C@H](O)[C@@H](O)[C@H]6O)C(C)(C)C5CC[C@@]4(C)[C@]3(C)CCC2[C@@H]1C. The topological polar surface area (TPSA) is 99.4 Å². The summed E-state index contributed by atoms with van der Waals surface area (Å²) in [5.41, 5.74) is 2.05. The third-order valence-corrected chi connectivity index (χ3v) is 15.2. The summed E-state index contributed by atoms with van der Waals surface area (Å²) in [5, 5.41) is 42.9. The Bertz CT molecular complexity index is 1140. The molecule has 6 nitrogen and oxygen atoms in total. The molecule has 6 heteroatoms. The highest BCUT2D eigenvalue weighted by atomic mass is 16.7. The van der Waals surface area contributed by atoms with Gasteiger partial charge in [-0.3, -0.25) is 0 Å². The lowest BCUT2D eigenvalue weighted by Crippen LogP contribution is -2.64. The van der Waals surface area contributed by atoms with Crippen LogP contribution in [0.5, 0.6) is 0 Å². The third-order valence-electron chi connectivity index (χ3n) is 15.2. The monoisotopic (exact) mass is 586 g/mol. The summed E-state index contributed by atoms with van der Waals surface area (Å²) >= 11 is 0. The van der Waals surface area contributed by atoms with E-state index in [1.807, 2.05) is 0 Å². The van der Waals surface area contributed by atoms with E-state index in [1.54, 1.807) is 0 Å². The van der Waals surface area contributed by atoms with Crippen molar-refractivity contribution >= 4 is 0 Å². The van der Waals surface area contributed by atoms with Gasteiger partial charge >= 0.3 is 0 Å². The minimum Gasteiger partial charge on any atom is -0.388 e. The Morgan fingerprint density at radius 3 is 2.24 bits per heavy atom. The molecule has 1 saturated heterocycles. The first-order chi connectivity index (χ1) is 19.4. The highest BCUT2D eigenvalue weighted by Crippen LogP contribution is 2.73. The minimum absolute atomic E-state index is 0.0186. The molecule has 0 amide bonds. The highest BCUT2D eigenvalue weighted by molar-refractivity contribution is 5.47. The van der Waals surface area contributed by atoms with E-state index in [-0.39, 0.29) is 40.3 Å². The Morgan fingerprint density at radius 1 is 0.857 bits per heavy atom. The lowest BCUT2D eigenvalue weighted by Gasteiger charge is -2.69. The van der Waals surface area contributed by atoms with E-state index in [9.17, 15) is 20.4 Å². The van der Waals surface area contributed by atoms with E-state index in [0.717, 1.165) is 32.1 Å². The summed E-state index contributed by atoms with van der Waals surface area (Å²) in [6.07, 6.45) is 6.81. The average molecular weight is 587 g/mol. The molecule has 4 fully saturated rings. The molecular formula is C36H58O6. The van der Waals surface area contributed by atoms with Gasteiger partial charge in [-0.1, -0.05) is 67.5 Å². The van der Waals surface area contributed by atoms with E-state index in [1.165, 1.54) is 17.6 Å². The standard InChI is InChI=1S/C36H58O6/c1-19-20(2)22-12-16-34(7)23(28(22)36(9,40)21(19)3)10-11-26-33(6)15-14-27(32(4,5)25(33)13-17-35(26,34)8)42-31-30(39)29(38)24(37)18-41-31/h10-11,19-22,24-27,29-31,37-40H,12-18H2,1-9H3/t19-,20+,21+,22?,24-,25?,26?,27?,29+,30+,31-,33-,34+,35+,36+/m0/s1.